The number of aromatic nitrogens is 4. The number of hydrogen-bond acceptors (Lipinski definition) is 4. The first kappa shape index (κ1) is 13.9. The molecule has 0 amide bonds. The van der Waals surface area contributed by atoms with Crippen molar-refractivity contribution in [1.82, 2.24) is 20.2 Å². The Hall–Kier alpha value is -2.73. The number of phenols is 1. The SMILES string of the molecule is Oc1ccc(Br)cc1-c1n[nH]c(-c2nccc3ccccc23)n1. The lowest BCUT2D eigenvalue weighted by Crippen LogP contribution is -1.88. The maximum absolute atomic E-state index is 10.0. The summed E-state index contributed by atoms with van der Waals surface area (Å²) < 4.78 is 0.847. The smallest absolute Gasteiger partial charge is 0.185 e. The molecule has 0 aliphatic carbocycles. The van der Waals surface area contributed by atoms with Crippen molar-refractivity contribution in [2.75, 3.05) is 0 Å². The molecule has 0 saturated heterocycles. The second-order valence-electron chi connectivity index (χ2n) is 5.05. The van der Waals surface area contributed by atoms with E-state index in [1.54, 1.807) is 24.4 Å². The lowest BCUT2D eigenvalue weighted by Gasteiger charge is -2.02. The summed E-state index contributed by atoms with van der Waals surface area (Å²) in [4.78, 5) is 8.91. The normalized spacial score (nSPS) is 11.0. The van der Waals surface area contributed by atoms with Crippen LogP contribution in [0.15, 0.2) is 59.2 Å². The number of nitrogens with one attached hydrogen (secondary N) is 1. The molecule has 0 spiro atoms. The molecule has 0 bridgehead atoms. The number of fused-ring (bicyclic) bond motifs is 1. The summed E-state index contributed by atoms with van der Waals surface area (Å²) in [6, 6.07) is 15.1. The zero-order valence-corrected chi connectivity index (χ0v) is 13.4. The maximum atomic E-state index is 10.0. The number of hydrogen-bond donors (Lipinski definition) is 2. The lowest BCUT2D eigenvalue weighted by atomic mass is 10.1. The van der Waals surface area contributed by atoms with E-state index < -0.39 is 0 Å². The monoisotopic (exact) mass is 366 g/mol. The van der Waals surface area contributed by atoms with Crippen molar-refractivity contribution in [2.24, 2.45) is 0 Å². The fraction of sp³-hybridized carbons (Fsp3) is 0. The average molecular weight is 367 g/mol. The van der Waals surface area contributed by atoms with Gasteiger partial charge in [-0.2, -0.15) is 5.10 Å². The van der Waals surface area contributed by atoms with E-state index in [-0.39, 0.29) is 5.75 Å². The summed E-state index contributed by atoms with van der Waals surface area (Å²) in [5.41, 5.74) is 1.29. The molecule has 2 aromatic heterocycles. The third kappa shape index (κ3) is 2.47. The van der Waals surface area contributed by atoms with E-state index in [2.05, 4.69) is 36.1 Å². The number of phenolic OH excluding ortho intramolecular Hbond substituents is 1. The quantitative estimate of drug-likeness (QED) is 0.558. The van der Waals surface area contributed by atoms with E-state index in [9.17, 15) is 5.11 Å². The molecule has 2 heterocycles. The number of pyridine rings is 1. The van der Waals surface area contributed by atoms with E-state index in [4.69, 9.17) is 0 Å². The number of aromatic hydroxyl groups is 1. The Labute approximate surface area is 140 Å². The number of rotatable bonds is 2. The van der Waals surface area contributed by atoms with Gasteiger partial charge in [0.05, 0.1) is 5.56 Å². The second kappa shape index (κ2) is 5.48. The third-order valence-corrected chi connectivity index (χ3v) is 4.08. The molecule has 112 valence electrons. The zero-order chi connectivity index (χ0) is 15.8. The first-order chi connectivity index (χ1) is 11.2. The molecular weight excluding hydrogens is 356 g/mol. The van der Waals surface area contributed by atoms with E-state index in [0.717, 1.165) is 20.9 Å². The molecule has 0 aliphatic rings. The number of benzene rings is 2. The Bertz CT molecular complexity index is 1010. The fourth-order valence-electron chi connectivity index (χ4n) is 2.48. The van der Waals surface area contributed by atoms with Crippen LogP contribution in [-0.2, 0) is 0 Å². The predicted molar refractivity (Wildman–Crippen MR) is 91.9 cm³/mol. The lowest BCUT2D eigenvalue weighted by molar-refractivity contribution is 0.477. The van der Waals surface area contributed by atoms with Gasteiger partial charge in [0.2, 0.25) is 0 Å². The summed E-state index contributed by atoms with van der Waals surface area (Å²) in [5, 5.41) is 19.2. The molecule has 0 fully saturated rings. The number of nitrogens with zero attached hydrogens (tertiary/aromatic N) is 3. The molecule has 0 atom stereocenters. The van der Waals surface area contributed by atoms with Crippen LogP contribution in [0.4, 0.5) is 0 Å². The van der Waals surface area contributed by atoms with Crippen molar-refractivity contribution in [3.8, 4) is 28.7 Å². The molecular formula is C17H11BrN4O. The molecule has 6 heteroatoms. The van der Waals surface area contributed by atoms with Gasteiger partial charge in [-0.15, -0.1) is 0 Å². The minimum atomic E-state index is 0.129. The standard InChI is InChI=1S/C17H11BrN4O/c18-11-5-6-14(23)13(9-11)16-20-17(22-21-16)15-12-4-2-1-3-10(12)7-8-19-15/h1-9,23H,(H,20,21,22). The minimum Gasteiger partial charge on any atom is -0.507 e. The van der Waals surface area contributed by atoms with E-state index in [0.29, 0.717) is 17.2 Å². The van der Waals surface area contributed by atoms with Crippen LogP contribution in [0, 0.1) is 0 Å². The molecule has 2 N–H and O–H groups in total. The molecule has 0 radical (unpaired) electrons. The molecule has 2 aromatic carbocycles. The molecule has 0 aliphatic heterocycles. The molecule has 5 nitrogen and oxygen atoms in total. The maximum Gasteiger partial charge on any atom is 0.185 e. The Kier molecular flexibility index (Phi) is 3.31. The fourth-order valence-corrected chi connectivity index (χ4v) is 2.84. The van der Waals surface area contributed by atoms with Gasteiger partial charge in [0.15, 0.2) is 11.6 Å². The van der Waals surface area contributed by atoms with Gasteiger partial charge in [-0.3, -0.25) is 10.1 Å². The Morgan fingerprint density at radius 1 is 1.04 bits per heavy atom. The van der Waals surface area contributed by atoms with Crippen LogP contribution in [-0.4, -0.2) is 25.3 Å². The molecule has 4 aromatic rings. The average Bonchev–Trinajstić information content (AvgIpc) is 3.06. The summed E-state index contributed by atoms with van der Waals surface area (Å²) in [5.74, 6) is 1.12. The van der Waals surface area contributed by atoms with Crippen molar-refractivity contribution >= 4 is 26.7 Å². The molecule has 23 heavy (non-hydrogen) atoms. The van der Waals surface area contributed by atoms with Crippen molar-refractivity contribution < 1.29 is 5.11 Å². The van der Waals surface area contributed by atoms with Crippen LogP contribution >= 0.6 is 15.9 Å². The van der Waals surface area contributed by atoms with Crippen LogP contribution in [0.1, 0.15) is 0 Å². The summed E-state index contributed by atoms with van der Waals surface area (Å²) in [6.07, 6.45) is 1.75. The summed E-state index contributed by atoms with van der Waals surface area (Å²) in [7, 11) is 0. The molecule has 4 rings (SSSR count). The van der Waals surface area contributed by atoms with Crippen molar-refractivity contribution in [1.29, 1.82) is 0 Å². The Morgan fingerprint density at radius 3 is 2.83 bits per heavy atom. The van der Waals surface area contributed by atoms with Gasteiger partial charge >= 0.3 is 0 Å². The van der Waals surface area contributed by atoms with Gasteiger partial charge in [0.1, 0.15) is 11.4 Å². The highest BCUT2D eigenvalue weighted by Crippen LogP contribution is 2.31. The topological polar surface area (TPSA) is 74.7 Å². The Morgan fingerprint density at radius 2 is 1.91 bits per heavy atom. The molecule has 0 saturated carbocycles. The minimum absolute atomic E-state index is 0.129. The van der Waals surface area contributed by atoms with Crippen LogP contribution in [0.5, 0.6) is 5.75 Å². The van der Waals surface area contributed by atoms with E-state index in [1.807, 2.05) is 30.3 Å². The second-order valence-corrected chi connectivity index (χ2v) is 5.97. The summed E-state index contributed by atoms with van der Waals surface area (Å²) in [6.45, 7) is 0. The zero-order valence-electron chi connectivity index (χ0n) is 11.9. The van der Waals surface area contributed by atoms with Gasteiger partial charge in [-0.1, -0.05) is 40.2 Å². The van der Waals surface area contributed by atoms with Gasteiger partial charge in [0.25, 0.3) is 0 Å². The largest absolute Gasteiger partial charge is 0.507 e. The predicted octanol–water partition coefficient (Wildman–Crippen LogP) is 4.16. The molecule has 0 unspecified atom stereocenters. The van der Waals surface area contributed by atoms with E-state index >= 15 is 0 Å². The van der Waals surface area contributed by atoms with Crippen LogP contribution < -0.4 is 0 Å². The number of H-pyrrole nitrogens is 1. The van der Waals surface area contributed by atoms with Gasteiger partial charge in [-0.05, 0) is 29.7 Å². The highest BCUT2D eigenvalue weighted by molar-refractivity contribution is 9.10. The van der Waals surface area contributed by atoms with Gasteiger partial charge < -0.3 is 5.11 Å². The van der Waals surface area contributed by atoms with Gasteiger partial charge in [0, 0.05) is 16.1 Å². The van der Waals surface area contributed by atoms with Crippen molar-refractivity contribution in [3.63, 3.8) is 0 Å². The van der Waals surface area contributed by atoms with Crippen molar-refractivity contribution in [3.05, 3.63) is 59.2 Å². The third-order valence-electron chi connectivity index (χ3n) is 3.58. The van der Waals surface area contributed by atoms with Crippen LogP contribution in [0.3, 0.4) is 0 Å². The summed E-state index contributed by atoms with van der Waals surface area (Å²) >= 11 is 3.39. The van der Waals surface area contributed by atoms with Gasteiger partial charge in [-0.25, -0.2) is 4.98 Å². The first-order valence-electron chi connectivity index (χ1n) is 6.98. The first-order valence-corrected chi connectivity index (χ1v) is 7.77. The van der Waals surface area contributed by atoms with E-state index in [1.165, 1.54) is 0 Å². The highest BCUT2D eigenvalue weighted by atomic mass is 79.9. The van der Waals surface area contributed by atoms with Crippen LogP contribution in [0.25, 0.3) is 33.7 Å². The number of aromatic amines is 1. The Balaban J connectivity index is 1.86. The van der Waals surface area contributed by atoms with Crippen LogP contribution in [0.2, 0.25) is 0 Å². The van der Waals surface area contributed by atoms with Crippen molar-refractivity contribution in [2.45, 2.75) is 0 Å². The highest BCUT2D eigenvalue weighted by Gasteiger charge is 2.14. The number of halogens is 1.